The van der Waals surface area contributed by atoms with E-state index in [-0.39, 0.29) is 23.3 Å². The number of hydrazine groups is 2. The van der Waals surface area contributed by atoms with Crippen LogP contribution in [-0.2, 0) is 16.0 Å². The number of nitrogens with one attached hydrogen (secondary N) is 3. The zero-order valence-electron chi connectivity index (χ0n) is 17.6. The third-order valence-electron chi connectivity index (χ3n) is 5.81. The molecule has 1 aliphatic heterocycles. The van der Waals surface area contributed by atoms with Gasteiger partial charge in [0.05, 0.1) is 17.5 Å². The number of aryl methyl sites for hydroxylation is 1. The summed E-state index contributed by atoms with van der Waals surface area (Å²) < 4.78 is 0. The van der Waals surface area contributed by atoms with Crippen LogP contribution in [0.4, 0.5) is 5.69 Å². The minimum absolute atomic E-state index is 0.208. The van der Waals surface area contributed by atoms with Crippen molar-refractivity contribution in [1.82, 2.24) is 16.3 Å². The van der Waals surface area contributed by atoms with Gasteiger partial charge >= 0.3 is 0 Å². The first-order valence-corrected chi connectivity index (χ1v) is 10.6. The van der Waals surface area contributed by atoms with Crippen LogP contribution in [0.2, 0.25) is 0 Å². The molecule has 3 N–H and O–H groups in total. The van der Waals surface area contributed by atoms with Gasteiger partial charge in [-0.05, 0) is 55.2 Å². The third-order valence-corrected chi connectivity index (χ3v) is 5.81. The van der Waals surface area contributed by atoms with Crippen molar-refractivity contribution in [2.24, 2.45) is 11.8 Å². The van der Waals surface area contributed by atoms with Crippen molar-refractivity contribution in [2.45, 2.75) is 26.2 Å². The first-order chi connectivity index (χ1) is 15.5. The number of benzene rings is 2. The summed E-state index contributed by atoms with van der Waals surface area (Å²) in [4.78, 5) is 50.2. The fraction of sp³-hybridized carbons (Fsp3) is 0.250. The predicted molar refractivity (Wildman–Crippen MR) is 118 cm³/mol. The Labute approximate surface area is 185 Å². The number of fused-ring (bicyclic) bond motifs is 1. The fourth-order valence-electron chi connectivity index (χ4n) is 3.92. The lowest BCUT2D eigenvalue weighted by molar-refractivity contribution is -0.139. The summed E-state index contributed by atoms with van der Waals surface area (Å²) in [6.07, 6.45) is 5.75. The summed E-state index contributed by atoms with van der Waals surface area (Å²) in [6, 6.07) is 13.4. The number of rotatable bonds is 4. The first kappa shape index (κ1) is 21.3. The van der Waals surface area contributed by atoms with E-state index in [1.807, 2.05) is 31.2 Å². The summed E-state index contributed by atoms with van der Waals surface area (Å²) in [5, 5.41) is 1.20. The van der Waals surface area contributed by atoms with E-state index in [0.29, 0.717) is 24.1 Å². The summed E-state index contributed by atoms with van der Waals surface area (Å²) in [6.45, 7) is 2.02. The van der Waals surface area contributed by atoms with Crippen LogP contribution < -0.4 is 21.3 Å². The molecule has 4 amide bonds. The number of anilines is 1. The maximum absolute atomic E-state index is 12.9. The molecule has 32 heavy (non-hydrogen) atoms. The van der Waals surface area contributed by atoms with E-state index in [4.69, 9.17) is 0 Å². The number of carbonyl (C=O) groups is 4. The van der Waals surface area contributed by atoms with Crippen LogP contribution in [0, 0.1) is 11.8 Å². The van der Waals surface area contributed by atoms with E-state index in [0.717, 1.165) is 12.0 Å². The molecule has 0 spiro atoms. The van der Waals surface area contributed by atoms with Gasteiger partial charge in [-0.2, -0.15) is 0 Å². The number of hydrogen-bond acceptors (Lipinski definition) is 4. The smallest absolute Gasteiger partial charge is 0.269 e. The minimum atomic E-state index is -0.542. The normalized spacial score (nSPS) is 19.7. The topological polar surface area (TPSA) is 108 Å². The second kappa shape index (κ2) is 9.05. The highest BCUT2D eigenvalue weighted by atomic mass is 16.2. The molecule has 1 heterocycles. The molecule has 0 aromatic heterocycles. The highest BCUT2D eigenvalue weighted by Crippen LogP contribution is 2.32. The zero-order chi connectivity index (χ0) is 22.7. The second-order valence-corrected chi connectivity index (χ2v) is 7.81. The van der Waals surface area contributed by atoms with Gasteiger partial charge in [0, 0.05) is 11.1 Å². The average molecular weight is 432 g/mol. The van der Waals surface area contributed by atoms with Crippen molar-refractivity contribution in [3.63, 3.8) is 0 Å². The highest BCUT2D eigenvalue weighted by Gasteiger charge is 2.42. The van der Waals surface area contributed by atoms with Crippen LogP contribution in [0.1, 0.15) is 46.0 Å². The molecule has 1 saturated heterocycles. The van der Waals surface area contributed by atoms with Gasteiger partial charge in [0.2, 0.25) is 11.8 Å². The monoisotopic (exact) mass is 432 g/mol. The Morgan fingerprint density at radius 3 is 2.28 bits per heavy atom. The molecule has 2 aliphatic rings. The van der Waals surface area contributed by atoms with E-state index in [1.54, 1.807) is 30.3 Å². The molecule has 0 bridgehead atoms. The number of allylic oxidation sites excluding steroid dienone is 2. The van der Waals surface area contributed by atoms with Gasteiger partial charge in [-0.25, -0.2) is 5.01 Å². The Hall–Kier alpha value is -3.94. The van der Waals surface area contributed by atoms with E-state index < -0.39 is 17.7 Å². The lowest BCUT2D eigenvalue weighted by atomic mass is 9.80. The molecule has 1 aliphatic carbocycles. The minimum Gasteiger partial charge on any atom is -0.273 e. The van der Waals surface area contributed by atoms with Gasteiger partial charge in [0.1, 0.15) is 0 Å². The summed E-state index contributed by atoms with van der Waals surface area (Å²) in [5.74, 6) is -2.18. The molecule has 2 atom stereocenters. The van der Waals surface area contributed by atoms with Gasteiger partial charge in [0.25, 0.3) is 11.8 Å². The molecule has 2 aromatic carbocycles. The molecule has 2 unspecified atom stereocenters. The van der Waals surface area contributed by atoms with Gasteiger partial charge < -0.3 is 0 Å². The zero-order valence-corrected chi connectivity index (χ0v) is 17.6. The Bertz CT molecular complexity index is 1090. The van der Waals surface area contributed by atoms with Crippen molar-refractivity contribution in [3.8, 4) is 0 Å². The molecule has 164 valence electrons. The summed E-state index contributed by atoms with van der Waals surface area (Å²) >= 11 is 0. The first-order valence-electron chi connectivity index (χ1n) is 10.6. The van der Waals surface area contributed by atoms with Crippen LogP contribution in [0.15, 0.2) is 60.7 Å². The molecular formula is C24H24N4O4. The van der Waals surface area contributed by atoms with E-state index in [2.05, 4.69) is 16.3 Å². The third kappa shape index (κ3) is 4.25. The van der Waals surface area contributed by atoms with E-state index in [9.17, 15) is 19.2 Å². The van der Waals surface area contributed by atoms with Gasteiger partial charge in [-0.1, -0.05) is 37.3 Å². The number of amides is 4. The lowest BCUT2D eigenvalue weighted by Crippen LogP contribution is -2.59. The lowest BCUT2D eigenvalue weighted by Gasteiger charge is -2.38. The maximum atomic E-state index is 12.9. The van der Waals surface area contributed by atoms with Crippen LogP contribution >= 0.6 is 0 Å². The number of nitrogens with zero attached hydrogens (tertiary/aromatic N) is 1. The van der Waals surface area contributed by atoms with E-state index in [1.165, 1.54) is 11.1 Å². The van der Waals surface area contributed by atoms with Crippen LogP contribution in [0.25, 0.3) is 0 Å². The molecule has 8 heteroatoms. The van der Waals surface area contributed by atoms with Crippen LogP contribution in [0.3, 0.4) is 0 Å². The molecule has 8 nitrogen and oxygen atoms in total. The molecule has 4 rings (SSSR count). The summed E-state index contributed by atoms with van der Waals surface area (Å²) in [7, 11) is 0. The predicted octanol–water partition coefficient (Wildman–Crippen LogP) is 2.28. The highest BCUT2D eigenvalue weighted by molar-refractivity contribution is 6.05. The quantitative estimate of drug-likeness (QED) is 0.509. The van der Waals surface area contributed by atoms with Crippen LogP contribution in [-0.4, -0.2) is 23.6 Å². The molecule has 1 fully saturated rings. The summed E-state index contributed by atoms with van der Waals surface area (Å²) in [5.41, 5.74) is 9.56. The molecule has 2 aromatic rings. The Balaban J connectivity index is 1.43. The molecular weight excluding hydrogens is 408 g/mol. The second-order valence-electron chi connectivity index (χ2n) is 7.81. The van der Waals surface area contributed by atoms with Crippen molar-refractivity contribution in [3.05, 3.63) is 77.4 Å². The molecule has 0 saturated carbocycles. The van der Waals surface area contributed by atoms with Crippen molar-refractivity contribution in [1.29, 1.82) is 0 Å². The van der Waals surface area contributed by atoms with Gasteiger partial charge in [-0.15, -0.1) is 0 Å². The average Bonchev–Trinajstić information content (AvgIpc) is 2.84. The SMILES string of the molecule is CCc1ccc(C(=O)NNC(=O)c2cccc(N3NC(=O)C4CC=CCC4C3=O)c2)cc1. The Morgan fingerprint density at radius 2 is 1.59 bits per heavy atom. The number of carbonyl (C=O) groups excluding carboxylic acids is 4. The van der Waals surface area contributed by atoms with Crippen molar-refractivity contribution >= 4 is 29.3 Å². The standard InChI is InChI=1S/C24H24N4O4/c1-2-15-10-12-16(13-11-15)21(29)25-26-22(30)17-6-5-7-18(14-17)28-24(32)20-9-4-3-8-19(20)23(31)27-28/h3-7,10-14,19-20H,2,8-9H2,1H3,(H,25,29)(H,26,30)(H,27,31). The Morgan fingerprint density at radius 1 is 0.938 bits per heavy atom. The number of hydrogen-bond donors (Lipinski definition) is 3. The van der Waals surface area contributed by atoms with Crippen LogP contribution in [0.5, 0.6) is 0 Å². The fourth-order valence-corrected chi connectivity index (χ4v) is 3.92. The van der Waals surface area contributed by atoms with Crippen molar-refractivity contribution in [2.75, 3.05) is 5.01 Å². The van der Waals surface area contributed by atoms with Crippen molar-refractivity contribution < 1.29 is 19.2 Å². The van der Waals surface area contributed by atoms with Gasteiger partial charge in [-0.3, -0.25) is 35.5 Å². The maximum Gasteiger partial charge on any atom is 0.269 e. The van der Waals surface area contributed by atoms with Gasteiger partial charge in [0.15, 0.2) is 0 Å². The largest absolute Gasteiger partial charge is 0.273 e. The Kier molecular flexibility index (Phi) is 6.02. The molecule has 0 radical (unpaired) electrons. The van der Waals surface area contributed by atoms with E-state index >= 15 is 0 Å².